The fourth-order valence-corrected chi connectivity index (χ4v) is 0.175. The van der Waals surface area contributed by atoms with Gasteiger partial charge in [0.1, 0.15) is 0 Å². The largest absolute Gasteiger partial charge is 0.403 e. The molecule has 0 fully saturated rings. The molecule has 0 aromatic carbocycles. The van der Waals surface area contributed by atoms with Gasteiger partial charge in [0.05, 0.1) is 5.70 Å². The first kappa shape index (κ1) is 6.26. The monoisotopic (exact) mass is 102 g/mol. The summed E-state index contributed by atoms with van der Waals surface area (Å²) in [5.74, 6) is 4.92. The lowest BCUT2D eigenvalue weighted by molar-refractivity contribution is 0.841. The Morgan fingerprint density at radius 2 is 2.29 bits per heavy atom. The van der Waals surface area contributed by atoms with Crippen molar-refractivity contribution >= 4 is 0 Å². The van der Waals surface area contributed by atoms with Crippen molar-refractivity contribution < 1.29 is 0 Å². The van der Waals surface area contributed by atoms with E-state index in [0.717, 1.165) is 0 Å². The lowest BCUT2D eigenvalue weighted by atomic mass is 10.5. The van der Waals surface area contributed by atoms with Gasteiger partial charge in [-0.25, -0.2) is 0 Å². The maximum absolute atomic E-state index is 5.10. The van der Waals surface area contributed by atoms with Gasteiger partial charge in [-0.3, -0.25) is 5.84 Å². The van der Waals surface area contributed by atoms with Gasteiger partial charge in [0.2, 0.25) is 0 Å². The molecule has 4 nitrogen and oxygen atoms in total. The molecule has 7 N–H and O–H groups in total. The molecule has 0 radical (unpaired) electrons. The van der Waals surface area contributed by atoms with Crippen molar-refractivity contribution in [1.29, 1.82) is 0 Å². The van der Waals surface area contributed by atoms with Gasteiger partial charge in [0.15, 0.2) is 0 Å². The third kappa shape index (κ3) is 2.02. The van der Waals surface area contributed by atoms with E-state index in [9.17, 15) is 0 Å². The van der Waals surface area contributed by atoms with Crippen LogP contribution in [-0.2, 0) is 0 Å². The second-order valence-electron chi connectivity index (χ2n) is 1.04. The summed E-state index contributed by atoms with van der Waals surface area (Å²) < 4.78 is 0. The van der Waals surface area contributed by atoms with Crippen LogP contribution in [0.15, 0.2) is 11.9 Å². The van der Waals surface area contributed by atoms with Crippen molar-refractivity contribution in [1.82, 2.24) is 5.43 Å². The summed E-state index contributed by atoms with van der Waals surface area (Å²) in [6, 6.07) is 0. The van der Waals surface area contributed by atoms with E-state index >= 15 is 0 Å². The number of nitrogens with one attached hydrogen (secondary N) is 1. The lowest BCUT2D eigenvalue weighted by Gasteiger charge is -1.97. The number of hydrogen-bond donors (Lipinski definition) is 4. The van der Waals surface area contributed by atoms with Crippen LogP contribution in [0, 0.1) is 0 Å². The third-order valence-electron chi connectivity index (χ3n) is 0.606. The van der Waals surface area contributed by atoms with Crippen molar-refractivity contribution in [3.63, 3.8) is 0 Å². The highest BCUT2D eigenvalue weighted by Gasteiger charge is 1.81. The Morgan fingerprint density at radius 1 is 1.71 bits per heavy atom. The van der Waals surface area contributed by atoms with Crippen LogP contribution in [0.3, 0.4) is 0 Å². The van der Waals surface area contributed by atoms with E-state index in [-0.39, 0.29) is 0 Å². The van der Waals surface area contributed by atoms with Gasteiger partial charge in [-0.05, 0) is 0 Å². The molecule has 0 saturated heterocycles. The zero-order chi connectivity index (χ0) is 5.70. The molecule has 0 heterocycles. The highest BCUT2D eigenvalue weighted by atomic mass is 15.2. The average Bonchev–Trinajstić information content (AvgIpc) is 1.72. The summed E-state index contributed by atoms with van der Waals surface area (Å²) in [5, 5.41) is 0. The van der Waals surface area contributed by atoms with Crippen LogP contribution >= 0.6 is 0 Å². The lowest BCUT2D eigenvalue weighted by Crippen LogP contribution is -2.27. The summed E-state index contributed by atoms with van der Waals surface area (Å²) in [7, 11) is 0. The van der Waals surface area contributed by atoms with Crippen molar-refractivity contribution in [2.45, 2.75) is 0 Å². The number of rotatable bonds is 2. The van der Waals surface area contributed by atoms with Crippen molar-refractivity contribution in [2.75, 3.05) is 6.54 Å². The predicted octanol–water partition coefficient (Wildman–Crippen LogP) is -1.79. The van der Waals surface area contributed by atoms with Crippen LogP contribution in [0.1, 0.15) is 0 Å². The second kappa shape index (κ2) is 3.45. The minimum absolute atomic E-state index is 0.354. The first-order valence-corrected chi connectivity index (χ1v) is 1.92. The van der Waals surface area contributed by atoms with Gasteiger partial charge in [0.25, 0.3) is 0 Å². The van der Waals surface area contributed by atoms with E-state index in [1.54, 1.807) is 0 Å². The molecule has 0 rings (SSSR count). The van der Waals surface area contributed by atoms with Gasteiger partial charge in [-0.2, -0.15) is 0 Å². The Hall–Kier alpha value is -0.740. The highest BCUT2D eigenvalue weighted by Crippen LogP contribution is 1.71. The van der Waals surface area contributed by atoms with E-state index in [1.165, 1.54) is 6.20 Å². The van der Waals surface area contributed by atoms with Crippen molar-refractivity contribution in [3.8, 4) is 0 Å². The Morgan fingerprint density at radius 3 is 2.29 bits per heavy atom. The molecule has 0 unspecified atom stereocenters. The average molecular weight is 102 g/mol. The Bertz CT molecular complexity index is 61.3. The molecule has 0 atom stereocenters. The molecular weight excluding hydrogens is 92.1 g/mol. The van der Waals surface area contributed by atoms with Crippen LogP contribution in [-0.4, -0.2) is 6.54 Å². The molecule has 0 aliphatic rings. The number of hydrogen-bond acceptors (Lipinski definition) is 4. The molecule has 0 spiro atoms. The summed E-state index contributed by atoms with van der Waals surface area (Å²) in [6.07, 6.45) is 1.33. The minimum Gasteiger partial charge on any atom is -0.403 e. The van der Waals surface area contributed by atoms with Gasteiger partial charge in [-0.15, -0.1) is 0 Å². The Kier molecular flexibility index (Phi) is 3.09. The molecular formula is C3H10N4. The van der Waals surface area contributed by atoms with Gasteiger partial charge < -0.3 is 16.9 Å². The van der Waals surface area contributed by atoms with Crippen LogP contribution in [0.25, 0.3) is 0 Å². The normalized spacial score (nSPS) is 11.4. The molecule has 0 aromatic rings. The topological polar surface area (TPSA) is 90.1 Å². The molecule has 7 heavy (non-hydrogen) atoms. The first-order valence-electron chi connectivity index (χ1n) is 1.92. The van der Waals surface area contributed by atoms with E-state index < -0.39 is 0 Å². The minimum atomic E-state index is 0.354. The number of hydrazine groups is 1. The molecule has 0 amide bonds. The fraction of sp³-hybridized carbons (Fsp3) is 0.333. The van der Waals surface area contributed by atoms with Crippen LogP contribution in [0.5, 0.6) is 0 Å². The van der Waals surface area contributed by atoms with E-state index in [0.29, 0.717) is 12.2 Å². The van der Waals surface area contributed by atoms with E-state index in [2.05, 4.69) is 5.43 Å². The highest BCUT2D eigenvalue weighted by molar-refractivity contribution is 4.95. The summed E-state index contributed by atoms with van der Waals surface area (Å²) in [5.41, 5.74) is 13.1. The van der Waals surface area contributed by atoms with Crippen molar-refractivity contribution in [2.24, 2.45) is 17.3 Å². The Labute approximate surface area is 42.3 Å². The fourth-order valence-electron chi connectivity index (χ4n) is 0.175. The van der Waals surface area contributed by atoms with Crippen LogP contribution in [0.2, 0.25) is 0 Å². The second-order valence-corrected chi connectivity index (χ2v) is 1.04. The Balaban J connectivity index is 3.38. The predicted molar refractivity (Wildman–Crippen MR) is 28.6 cm³/mol. The molecule has 0 bridgehead atoms. The van der Waals surface area contributed by atoms with Crippen LogP contribution < -0.4 is 22.7 Å². The smallest absolute Gasteiger partial charge is 0.0549 e. The van der Waals surface area contributed by atoms with Crippen LogP contribution in [0.4, 0.5) is 0 Å². The SMILES string of the molecule is N/C=C(/CN)NN. The van der Waals surface area contributed by atoms with Gasteiger partial charge in [0, 0.05) is 12.7 Å². The molecule has 0 aromatic heterocycles. The summed E-state index contributed by atoms with van der Waals surface area (Å²) in [6.45, 7) is 0.354. The zero-order valence-corrected chi connectivity index (χ0v) is 4.02. The van der Waals surface area contributed by atoms with Gasteiger partial charge >= 0.3 is 0 Å². The zero-order valence-electron chi connectivity index (χ0n) is 4.02. The standard InChI is InChI=1S/C3H10N4/c4-1-3(2-5)7-6/h1,7H,2,4-6H2/b3-1-. The molecule has 4 heteroatoms. The third-order valence-corrected chi connectivity index (χ3v) is 0.606. The molecule has 0 aliphatic heterocycles. The first-order chi connectivity index (χ1) is 3.35. The molecule has 0 aliphatic carbocycles. The summed E-state index contributed by atoms with van der Waals surface area (Å²) >= 11 is 0. The maximum Gasteiger partial charge on any atom is 0.0549 e. The maximum atomic E-state index is 5.10. The van der Waals surface area contributed by atoms with E-state index in [4.69, 9.17) is 17.3 Å². The van der Waals surface area contributed by atoms with Crippen molar-refractivity contribution in [3.05, 3.63) is 11.9 Å². The summed E-state index contributed by atoms with van der Waals surface area (Å²) in [4.78, 5) is 0. The van der Waals surface area contributed by atoms with E-state index in [1.807, 2.05) is 0 Å². The number of nitrogens with two attached hydrogens (primary N) is 3. The quantitative estimate of drug-likeness (QED) is 0.245. The molecule has 42 valence electrons. The van der Waals surface area contributed by atoms with Gasteiger partial charge in [-0.1, -0.05) is 0 Å². The molecule has 0 saturated carbocycles.